The van der Waals surface area contributed by atoms with E-state index in [-0.39, 0.29) is 12.5 Å². The molecule has 1 aromatic rings. The van der Waals surface area contributed by atoms with Gasteiger partial charge < -0.3 is 15.3 Å². The van der Waals surface area contributed by atoms with Gasteiger partial charge in [0.2, 0.25) is 0 Å². The van der Waals surface area contributed by atoms with E-state index in [2.05, 4.69) is 13.8 Å². The van der Waals surface area contributed by atoms with E-state index < -0.39 is 5.54 Å². The van der Waals surface area contributed by atoms with Crippen LogP contribution in [0.25, 0.3) is 0 Å². The van der Waals surface area contributed by atoms with Gasteiger partial charge in [0, 0.05) is 18.4 Å². The first kappa shape index (κ1) is 9.74. The van der Waals surface area contributed by atoms with Gasteiger partial charge >= 0.3 is 0 Å². The zero-order valence-electron chi connectivity index (χ0n) is 8.71. The zero-order chi connectivity index (χ0) is 10.3. The molecule has 3 heteroatoms. The first-order valence-electron chi connectivity index (χ1n) is 5.13. The SMILES string of the molecule is CCc1cc2c(o1)CC(C)C2(N)CO. The molecular formula is C11H17NO2. The first-order valence-corrected chi connectivity index (χ1v) is 5.13. The molecule has 0 amide bonds. The fourth-order valence-electron chi connectivity index (χ4n) is 2.17. The quantitative estimate of drug-likeness (QED) is 0.745. The number of hydrogen-bond donors (Lipinski definition) is 2. The molecular weight excluding hydrogens is 178 g/mol. The third-order valence-electron chi connectivity index (χ3n) is 3.34. The maximum absolute atomic E-state index is 9.36. The van der Waals surface area contributed by atoms with E-state index in [4.69, 9.17) is 10.2 Å². The Labute approximate surface area is 83.9 Å². The Morgan fingerprint density at radius 3 is 3.00 bits per heavy atom. The lowest BCUT2D eigenvalue weighted by Crippen LogP contribution is -2.43. The molecule has 2 rings (SSSR count). The molecule has 0 spiro atoms. The van der Waals surface area contributed by atoms with E-state index in [1.807, 2.05) is 6.07 Å². The summed E-state index contributed by atoms with van der Waals surface area (Å²) in [4.78, 5) is 0. The van der Waals surface area contributed by atoms with Crippen molar-refractivity contribution >= 4 is 0 Å². The van der Waals surface area contributed by atoms with Crippen LogP contribution in [0.2, 0.25) is 0 Å². The lowest BCUT2D eigenvalue weighted by Gasteiger charge is -2.26. The third-order valence-corrected chi connectivity index (χ3v) is 3.34. The normalized spacial score (nSPS) is 30.7. The van der Waals surface area contributed by atoms with Crippen LogP contribution in [0.3, 0.4) is 0 Å². The van der Waals surface area contributed by atoms with Crippen molar-refractivity contribution in [2.45, 2.75) is 32.2 Å². The van der Waals surface area contributed by atoms with Crippen molar-refractivity contribution in [1.29, 1.82) is 0 Å². The Morgan fingerprint density at radius 1 is 1.71 bits per heavy atom. The van der Waals surface area contributed by atoms with Gasteiger partial charge in [-0.3, -0.25) is 0 Å². The van der Waals surface area contributed by atoms with Crippen molar-refractivity contribution in [3.63, 3.8) is 0 Å². The van der Waals surface area contributed by atoms with E-state index in [9.17, 15) is 5.11 Å². The van der Waals surface area contributed by atoms with E-state index in [1.54, 1.807) is 0 Å². The number of aliphatic hydroxyl groups excluding tert-OH is 1. The summed E-state index contributed by atoms with van der Waals surface area (Å²) in [6.45, 7) is 4.09. The van der Waals surface area contributed by atoms with Crippen LogP contribution in [-0.2, 0) is 18.4 Å². The molecule has 0 saturated carbocycles. The number of aliphatic hydroxyl groups is 1. The topological polar surface area (TPSA) is 59.4 Å². The summed E-state index contributed by atoms with van der Waals surface area (Å²) in [5.74, 6) is 2.18. The van der Waals surface area contributed by atoms with E-state index in [0.717, 1.165) is 29.9 Å². The van der Waals surface area contributed by atoms with Crippen LogP contribution >= 0.6 is 0 Å². The maximum Gasteiger partial charge on any atom is 0.109 e. The summed E-state index contributed by atoms with van der Waals surface area (Å²) in [5, 5.41) is 9.36. The van der Waals surface area contributed by atoms with E-state index in [0.29, 0.717) is 0 Å². The Bertz CT molecular complexity index is 345. The van der Waals surface area contributed by atoms with E-state index >= 15 is 0 Å². The van der Waals surface area contributed by atoms with Gasteiger partial charge in [0.1, 0.15) is 11.5 Å². The van der Waals surface area contributed by atoms with Crippen molar-refractivity contribution in [2.24, 2.45) is 11.7 Å². The minimum Gasteiger partial charge on any atom is -0.466 e. The predicted molar refractivity (Wildman–Crippen MR) is 53.9 cm³/mol. The molecule has 0 aliphatic heterocycles. The molecule has 0 aromatic carbocycles. The molecule has 1 aromatic heterocycles. The summed E-state index contributed by atoms with van der Waals surface area (Å²) in [6.07, 6.45) is 1.72. The number of furan rings is 1. The largest absolute Gasteiger partial charge is 0.466 e. The monoisotopic (exact) mass is 195 g/mol. The molecule has 0 bridgehead atoms. The standard InChI is InChI=1S/C11H17NO2/c1-3-8-5-9-10(14-8)4-7(2)11(9,12)6-13/h5,7,13H,3-4,6,12H2,1-2H3. The molecule has 0 saturated heterocycles. The molecule has 1 aliphatic rings. The molecule has 3 nitrogen and oxygen atoms in total. The second-order valence-electron chi connectivity index (χ2n) is 4.21. The van der Waals surface area contributed by atoms with Gasteiger partial charge in [0.25, 0.3) is 0 Å². The Hall–Kier alpha value is -0.800. The second kappa shape index (κ2) is 3.11. The molecule has 3 N–H and O–H groups in total. The van der Waals surface area contributed by atoms with Gasteiger partial charge in [-0.1, -0.05) is 13.8 Å². The number of nitrogens with two attached hydrogens (primary N) is 1. The highest BCUT2D eigenvalue weighted by molar-refractivity contribution is 5.36. The van der Waals surface area contributed by atoms with Crippen LogP contribution in [0.15, 0.2) is 10.5 Å². The lowest BCUT2D eigenvalue weighted by molar-refractivity contribution is 0.159. The van der Waals surface area contributed by atoms with Crippen molar-refractivity contribution in [2.75, 3.05) is 6.61 Å². The Balaban J connectivity index is 2.44. The van der Waals surface area contributed by atoms with Gasteiger partial charge in [-0.05, 0) is 12.0 Å². The number of fused-ring (bicyclic) bond motifs is 1. The summed E-state index contributed by atoms with van der Waals surface area (Å²) >= 11 is 0. The summed E-state index contributed by atoms with van der Waals surface area (Å²) in [7, 11) is 0. The molecule has 0 fully saturated rings. The summed E-state index contributed by atoms with van der Waals surface area (Å²) < 4.78 is 5.65. The highest BCUT2D eigenvalue weighted by Crippen LogP contribution is 2.40. The molecule has 1 aliphatic carbocycles. The molecule has 1 heterocycles. The molecule has 14 heavy (non-hydrogen) atoms. The van der Waals surface area contributed by atoms with Crippen molar-refractivity contribution in [1.82, 2.24) is 0 Å². The Morgan fingerprint density at radius 2 is 2.43 bits per heavy atom. The first-order chi connectivity index (χ1) is 6.61. The smallest absolute Gasteiger partial charge is 0.109 e. The predicted octanol–water partition coefficient (Wildman–Crippen LogP) is 1.18. The number of rotatable bonds is 2. The van der Waals surface area contributed by atoms with Gasteiger partial charge in [-0.2, -0.15) is 0 Å². The van der Waals surface area contributed by atoms with Gasteiger partial charge in [0.15, 0.2) is 0 Å². The fraction of sp³-hybridized carbons (Fsp3) is 0.636. The van der Waals surface area contributed by atoms with Crippen molar-refractivity contribution in [3.05, 3.63) is 23.2 Å². The Kier molecular flexibility index (Phi) is 2.16. The summed E-state index contributed by atoms with van der Waals surface area (Å²) in [6, 6.07) is 2.00. The van der Waals surface area contributed by atoms with E-state index in [1.165, 1.54) is 0 Å². The summed E-state index contributed by atoms with van der Waals surface area (Å²) in [5.41, 5.74) is 6.58. The minimum atomic E-state index is -0.591. The zero-order valence-corrected chi connectivity index (χ0v) is 8.71. The number of hydrogen-bond acceptors (Lipinski definition) is 3. The second-order valence-corrected chi connectivity index (χ2v) is 4.21. The van der Waals surface area contributed by atoms with Crippen LogP contribution in [0.1, 0.15) is 30.9 Å². The highest BCUT2D eigenvalue weighted by atomic mass is 16.3. The van der Waals surface area contributed by atoms with Crippen molar-refractivity contribution in [3.8, 4) is 0 Å². The molecule has 2 unspecified atom stereocenters. The lowest BCUT2D eigenvalue weighted by atomic mass is 9.87. The van der Waals surface area contributed by atoms with Crippen LogP contribution < -0.4 is 5.73 Å². The maximum atomic E-state index is 9.36. The van der Waals surface area contributed by atoms with Gasteiger partial charge in [-0.25, -0.2) is 0 Å². The molecule has 0 radical (unpaired) electrons. The van der Waals surface area contributed by atoms with Crippen LogP contribution in [0.5, 0.6) is 0 Å². The molecule has 2 atom stereocenters. The fourth-order valence-corrected chi connectivity index (χ4v) is 2.17. The van der Waals surface area contributed by atoms with Gasteiger partial charge in [-0.15, -0.1) is 0 Å². The van der Waals surface area contributed by atoms with Crippen LogP contribution in [0.4, 0.5) is 0 Å². The highest BCUT2D eigenvalue weighted by Gasteiger charge is 2.43. The minimum absolute atomic E-state index is 0.0101. The van der Waals surface area contributed by atoms with Crippen molar-refractivity contribution < 1.29 is 9.52 Å². The van der Waals surface area contributed by atoms with Crippen LogP contribution in [-0.4, -0.2) is 11.7 Å². The third kappa shape index (κ3) is 1.12. The van der Waals surface area contributed by atoms with Crippen LogP contribution in [0, 0.1) is 5.92 Å². The average molecular weight is 195 g/mol. The number of aryl methyl sites for hydroxylation is 1. The average Bonchev–Trinajstić information content (AvgIpc) is 2.68. The molecule has 78 valence electrons. The van der Waals surface area contributed by atoms with Gasteiger partial charge in [0.05, 0.1) is 12.1 Å².